The Kier molecular flexibility index (Phi) is 7.96. The zero-order valence-electron chi connectivity index (χ0n) is 23.1. The van der Waals surface area contributed by atoms with Crippen LogP contribution in [0.2, 0.25) is 0 Å². The van der Waals surface area contributed by atoms with Gasteiger partial charge >= 0.3 is 0 Å². The van der Waals surface area contributed by atoms with E-state index in [0.717, 1.165) is 36.6 Å². The molecule has 1 aromatic heterocycles. The van der Waals surface area contributed by atoms with E-state index >= 15 is 0 Å². The second-order valence-corrected chi connectivity index (χ2v) is 11.9. The molecule has 0 radical (unpaired) electrons. The number of carbonyl (C=O) groups is 2. The van der Waals surface area contributed by atoms with Crippen LogP contribution in [0.1, 0.15) is 76.5 Å². The molecule has 1 saturated carbocycles. The highest BCUT2D eigenvalue weighted by atomic mass is 16.3. The molecule has 8 nitrogen and oxygen atoms in total. The summed E-state index contributed by atoms with van der Waals surface area (Å²) < 4.78 is 0. The van der Waals surface area contributed by atoms with E-state index in [1.165, 1.54) is 6.42 Å². The second-order valence-electron chi connectivity index (χ2n) is 11.9. The summed E-state index contributed by atoms with van der Waals surface area (Å²) in [4.78, 5) is 30.1. The van der Waals surface area contributed by atoms with Crippen molar-refractivity contribution in [3.8, 4) is 0 Å². The van der Waals surface area contributed by atoms with Gasteiger partial charge in [0.1, 0.15) is 6.04 Å². The Morgan fingerprint density at radius 1 is 1.05 bits per heavy atom. The van der Waals surface area contributed by atoms with Crippen molar-refractivity contribution in [3.63, 3.8) is 0 Å². The van der Waals surface area contributed by atoms with Crippen molar-refractivity contribution in [2.75, 3.05) is 11.4 Å². The van der Waals surface area contributed by atoms with Gasteiger partial charge in [0.05, 0.1) is 23.9 Å². The third-order valence-electron chi connectivity index (χ3n) is 7.98. The number of fused-ring (bicyclic) bond motifs is 1. The summed E-state index contributed by atoms with van der Waals surface area (Å²) in [5, 5.41) is 25.9. The fourth-order valence-electron chi connectivity index (χ4n) is 5.77. The third kappa shape index (κ3) is 5.97. The molecule has 2 amide bonds. The zero-order chi connectivity index (χ0) is 27.6. The highest BCUT2D eigenvalue weighted by Crippen LogP contribution is 2.35. The Labute approximate surface area is 230 Å². The number of β-amino-alcohol motifs (C(OH)–C–C–N with tert-alkyl or cyclic N) is 1. The molecule has 0 bridgehead atoms. The van der Waals surface area contributed by atoms with Crippen molar-refractivity contribution < 1.29 is 14.7 Å². The third-order valence-corrected chi connectivity index (χ3v) is 7.98. The van der Waals surface area contributed by atoms with Gasteiger partial charge in [-0.05, 0) is 48.4 Å². The Bertz CT molecular complexity index is 1310. The van der Waals surface area contributed by atoms with Crippen LogP contribution >= 0.6 is 0 Å². The van der Waals surface area contributed by atoms with Crippen LogP contribution in [0.3, 0.4) is 0 Å². The number of carbonyl (C=O) groups excluding carboxylic acids is 2. The van der Waals surface area contributed by atoms with Gasteiger partial charge in [0.15, 0.2) is 0 Å². The molecule has 8 heteroatoms. The van der Waals surface area contributed by atoms with Crippen LogP contribution in [0.5, 0.6) is 0 Å². The maximum absolute atomic E-state index is 14.3. The van der Waals surface area contributed by atoms with Gasteiger partial charge in [-0.25, -0.2) is 0 Å². The largest absolute Gasteiger partial charge is 0.392 e. The molecule has 2 aliphatic rings. The number of benzene rings is 2. The number of nitrogens with one attached hydrogen (secondary N) is 2. The van der Waals surface area contributed by atoms with Crippen molar-refractivity contribution in [3.05, 3.63) is 65.9 Å². The number of hydrogen-bond donors (Lipinski definition) is 3. The molecule has 3 atom stereocenters. The molecule has 206 valence electrons. The van der Waals surface area contributed by atoms with Crippen molar-refractivity contribution in [2.45, 2.75) is 88.9 Å². The van der Waals surface area contributed by atoms with E-state index in [1.807, 2.05) is 48.5 Å². The zero-order valence-corrected chi connectivity index (χ0v) is 23.1. The van der Waals surface area contributed by atoms with Gasteiger partial charge in [0.2, 0.25) is 11.8 Å². The molecule has 2 heterocycles. The fraction of sp³-hybridized carbons (Fsp3) is 0.484. The quantitative estimate of drug-likeness (QED) is 0.442. The van der Waals surface area contributed by atoms with Gasteiger partial charge in [-0.2, -0.15) is 10.2 Å². The van der Waals surface area contributed by atoms with Crippen LogP contribution in [0, 0.1) is 0 Å². The van der Waals surface area contributed by atoms with Gasteiger partial charge in [-0.3, -0.25) is 14.5 Å². The van der Waals surface area contributed by atoms with E-state index in [9.17, 15) is 14.7 Å². The molecule has 1 saturated heterocycles. The summed E-state index contributed by atoms with van der Waals surface area (Å²) in [6.45, 7) is 6.77. The lowest BCUT2D eigenvalue weighted by Crippen LogP contribution is -2.51. The number of aliphatic hydroxyl groups is 1. The van der Waals surface area contributed by atoms with Gasteiger partial charge < -0.3 is 15.7 Å². The Balaban J connectivity index is 1.64. The first kappa shape index (κ1) is 27.2. The predicted octanol–water partition coefficient (Wildman–Crippen LogP) is 4.17. The van der Waals surface area contributed by atoms with Crippen LogP contribution in [0.15, 0.2) is 54.7 Å². The SMILES string of the molecule is CC(C)(C)c1ccc(N(C(=O)C2CC(O)CN2)C(C(=O)NC2CCCCC2)c2cnnc3ccccc23)cc1. The summed E-state index contributed by atoms with van der Waals surface area (Å²) in [5.41, 5.74) is 2.98. The minimum atomic E-state index is -0.958. The Morgan fingerprint density at radius 2 is 1.77 bits per heavy atom. The topological polar surface area (TPSA) is 107 Å². The molecule has 3 unspecified atom stereocenters. The Morgan fingerprint density at radius 3 is 2.44 bits per heavy atom. The summed E-state index contributed by atoms with van der Waals surface area (Å²) in [6.07, 6.45) is 6.48. The number of hydrogen-bond acceptors (Lipinski definition) is 6. The maximum atomic E-state index is 14.3. The molecule has 39 heavy (non-hydrogen) atoms. The first-order valence-corrected chi connectivity index (χ1v) is 14.1. The van der Waals surface area contributed by atoms with Gasteiger partial charge in [0.25, 0.3) is 0 Å². The fourth-order valence-corrected chi connectivity index (χ4v) is 5.77. The van der Waals surface area contributed by atoms with Gasteiger partial charge in [-0.1, -0.05) is 70.4 Å². The van der Waals surface area contributed by atoms with E-state index in [4.69, 9.17) is 0 Å². The highest BCUT2D eigenvalue weighted by Gasteiger charge is 2.40. The van der Waals surface area contributed by atoms with E-state index < -0.39 is 18.2 Å². The normalized spacial score (nSPS) is 21.0. The average molecular weight is 530 g/mol. The van der Waals surface area contributed by atoms with Crippen LogP contribution < -0.4 is 15.5 Å². The number of rotatable bonds is 6. The number of amides is 2. The highest BCUT2D eigenvalue weighted by molar-refractivity contribution is 6.05. The number of aliphatic hydroxyl groups excluding tert-OH is 1. The van der Waals surface area contributed by atoms with Gasteiger partial charge in [0, 0.05) is 29.2 Å². The lowest BCUT2D eigenvalue weighted by atomic mass is 9.87. The Hall–Kier alpha value is -3.36. The molecule has 2 aromatic carbocycles. The van der Waals surface area contributed by atoms with Crippen LogP contribution in [0.25, 0.3) is 10.9 Å². The molecule has 2 fully saturated rings. The van der Waals surface area contributed by atoms with E-state index in [0.29, 0.717) is 29.7 Å². The lowest BCUT2D eigenvalue weighted by Gasteiger charge is -2.35. The summed E-state index contributed by atoms with van der Waals surface area (Å²) in [5.74, 6) is -0.480. The second kappa shape index (κ2) is 11.4. The average Bonchev–Trinajstić information content (AvgIpc) is 3.37. The molecule has 0 spiro atoms. The minimum Gasteiger partial charge on any atom is -0.392 e. The minimum absolute atomic E-state index is 0.0620. The van der Waals surface area contributed by atoms with Crippen LogP contribution in [0.4, 0.5) is 5.69 Å². The molecular weight excluding hydrogens is 490 g/mol. The number of nitrogens with zero attached hydrogens (tertiary/aromatic N) is 3. The monoisotopic (exact) mass is 529 g/mol. The summed E-state index contributed by atoms with van der Waals surface area (Å²) in [6, 6.07) is 14.0. The maximum Gasteiger partial charge on any atom is 0.248 e. The van der Waals surface area contributed by atoms with E-state index in [-0.39, 0.29) is 23.3 Å². The summed E-state index contributed by atoms with van der Waals surface area (Å²) in [7, 11) is 0. The first-order valence-electron chi connectivity index (χ1n) is 14.1. The van der Waals surface area contributed by atoms with Crippen molar-refractivity contribution in [1.82, 2.24) is 20.8 Å². The standard InChI is InChI=1S/C31H39N5O3/c1-31(2,3)20-13-15-22(16-14-20)36(30(39)27-17-23(37)18-32-27)28(29(38)34-21-9-5-4-6-10-21)25-19-33-35-26-12-8-7-11-24(25)26/h7-8,11-16,19,21,23,27-28,32,37H,4-6,9-10,17-18H2,1-3H3,(H,34,38). The molecule has 3 aromatic rings. The van der Waals surface area contributed by atoms with Crippen molar-refractivity contribution >= 4 is 28.4 Å². The predicted molar refractivity (Wildman–Crippen MR) is 152 cm³/mol. The van der Waals surface area contributed by atoms with E-state index in [1.54, 1.807) is 11.1 Å². The molecule has 1 aliphatic heterocycles. The number of anilines is 1. The smallest absolute Gasteiger partial charge is 0.248 e. The van der Waals surface area contributed by atoms with Crippen LogP contribution in [-0.2, 0) is 15.0 Å². The van der Waals surface area contributed by atoms with Crippen LogP contribution in [-0.4, -0.2) is 51.9 Å². The van der Waals surface area contributed by atoms with E-state index in [2.05, 4.69) is 41.6 Å². The lowest BCUT2D eigenvalue weighted by molar-refractivity contribution is -0.128. The van der Waals surface area contributed by atoms with Gasteiger partial charge in [-0.15, -0.1) is 0 Å². The number of aromatic nitrogens is 2. The molecular formula is C31H39N5O3. The molecule has 1 aliphatic carbocycles. The van der Waals surface area contributed by atoms with Crippen molar-refractivity contribution in [2.24, 2.45) is 0 Å². The molecule has 5 rings (SSSR count). The first-order chi connectivity index (χ1) is 18.7. The molecule has 3 N–H and O–H groups in total. The summed E-state index contributed by atoms with van der Waals surface area (Å²) >= 11 is 0. The van der Waals surface area contributed by atoms with Crippen molar-refractivity contribution in [1.29, 1.82) is 0 Å².